The Morgan fingerprint density at radius 2 is 1.75 bits per heavy atom. The molecule has 2 nitrogen and oxygen atoms in total. The fourth-order valence-corrected chi connectivity index (χ4v) is 1.31. The zero-order valence-electron chi connectivity index (χ0n) is 10.3. The number of hydrogen-bond acceptors (Lipinski definition) is 2. The number of esters is 1. The SMILES string of the molecule is C/C=C/C(=O)Oc1ccc(C(C)(C)C)cc1. The number of benzene rings is 1. The van der Waals surface area contributed by atoms with Crippen LogP contribution < -0.4 is 4.74 Å². The first-order chi connectivity index (χ1) is 7.43. The highest BCUT2D eigenvalue weighted by Crippen LogP contribution is 2.24. The number of carbonyl (C=O) groups is 1. The molecule has 86 valence electrons. The standard InChI is InChI=1S/C14H18O2/c1-5-6-13(15)16-12-9-7-11(8-10-12)14(2,3)4/h5-10H,1-4H3/b6-5+. The highest BCUT2D eigenvalue weighted by Gasteiger charge is 2.13. The third kappa shape index (κ3) is 3.54. The minimum Gasteiger partial charge on any atom is -0.423 e. The van der Waals surface area contributed by atoms with Crippen LogP contribution in [0, 0.1) is 0 Å². The number of hydrogen-bond donors (Lipinski definition) is 0. The van der Waals surface area contributed by atoms with Gasteiger partial charge in [-0.3, -0.25) is 0 Å². The van der Waals surface area contributed by atoms with Gasteiger partial charge in [-0.15, -0.1) is 0 Å². The Morgan fingerprint density at radius 1 is 1.19 bits per heavy atom. The summed E-state index contributed by atoms with van der Waals surface area (Å²) in [6, 6.07) is 7.61. The van der Waals surface area contributed by atoms with Crippen molar-refractivity contribution in [2.45, 2.75) is 33.1 Å². The number of rotatable bonds is 2. The highest BCUT2D eigenvalue weighted by molar-refractivity contribution is 5.83. The second-order valence-corrected chi connectivity index (χ2v) is 4.70. The molecular formula is C14H18O2. The third-order valence-corrected chi connectivity index (χ3v) is 2.24. The summed E-state index contributed by atoms with van der Waals surface area (Å²) in [5.41, 5.74) is 1.34. The van der Waals surface area contributed by atoms with Crippen LogP contribution in [0.2, 0.25) is 0 Å². The van der Waals surface area contributed by atoms with Crippen molar-refractivity contribution in [2.75, 3.05) is 0 Å². The van der Waals surface area contributed by atoms with Gasteiger partial charge in [0.15, 0.2) is 0 Å². The van der Waals surface area contributed by atoms with Crippen molar-refractivity contribution in [2.24, 2.45) is 0 Å². The molecule has 0 saturated heterocycles. The van der Waals surface area contributed by atoms with E-state index >= 15 is 0 Å². The maximum absolute atomic E-state index is 11.2. The molecule has 0 aliphatic rings. The topological polar surface area (TPSA) is 26.3 Å². The summed E-state index contributed by atoms with van der Waals surface area (Å²) in [7, 11) is 0. The molecule has 0 unspecified atom stereocenters. The van der Waals surface area contributed by atoms with Gasteiger partial charge < -0.3 is 4.74 Å². The monoisotopic (exact) mass is 218 g/mol. The lowest BCUT2D eigenvalue weighted by Gasteiger charge is -2.18. The summed E-state index contributed by atoms with van der Waals surface area (Å²) in [5, 5.41) is 0. The third-order valence-electron chi connectivity index (χ3n) is 2.24. The van der Waals surface area contributed by atoms with E-state index in [1.54, 1.807) is 13.0 Å². The van der Waals surface area contributed by atoms with Crippen LogP contribution in [0.3, 0.4) is 0 Å². The molecule has 16 heavy (non-hydrogen) atoms. The van der Waals surface area contributed by atoms with Gasteiger partial charge >= 0.3 is 5.97 Å². The lowest BCUT2D eigenvalue weighted by Crippen LogP contribution is -2.11. The molecule has 0 atom stereocenters. The zero-order chi connectivity index (χ0) is 12.2. The molecule has 0 spiro atoms. The Hall–Kier alpha value is -1.57. The maximum Gasteiger partial charge on any atom is 0.335 e. The van der Waals surface area contributed by atoms with Gasteiger partial charge in [0, 0.05) is 6.08 Å². The second-order valence-electron chi connectivity index (χ2n) is 4.70. The fraction of sp³-hybridized carbons (Fsp3) is 0.357. The molecule has 0 N–H and O–H groups in total. The first kappa shape index (κ1) is 12.5. The Bertz CT molecular complexity index is 380. The van der Waals surface area contributed by atoms with Crippen molar-refractivity contribution < 1.29 is 9.53 Å². The maximum atomic E-state index is 11.2. The molecule has 0 aromatic heterocycles. The van der Waals surface area contributed by atoms with Gasteiger partial charge in [-0.25, -0.2) is 4.79 Å². The van der Waals surface area contributed by atoms with Gasteiger partial charge in [-0.1, -0.05) is 39.0 Å². The van der Waals surface area contributed by atoms with Gasteiger partial charge in [0.2, 0.25) is 0 Å². The normalized spacial score (nSPS) is 11.8. The quantitative estimate of drug-likeness (QED) is 0.431. The molecule has 0 aliphatic carbocycles. The summed E-state index contributed by atoms with van der Waals surface area (Å²) in [6.45, 7) is 8.22. The van der Waals surface area contributed by atoms with Crippen LogP contribution in [0.4, 0.5) is 0 Å². The predicted molar refractivity (Wildman–Crippen MR) is 65.6 cm³/mol. The number of carbonyl (C=O) groups excluding carboxylic acids is 1. The van der Waals surface area contributed by atoms with Gasteiger partial charge in [0.05, 0.1) is 0 Å². The Kier molecular flexibility index (Phi) is 3.88. The van der Waals surface area contributed by atoms with Gasteiger partial charge in [-0.05, 0) is 30.0 Å². The molecule has 1 rings (SSSR count). The fourth-order valence-electron chi connectivity index (χ4n) is 1.31. The summed E-state index contributed by atoms with van der Waals surface area (Å²) in [5.74, 6) is 0.238. The molecule has 0 bridgehead atoms. The van der Waals surface area contributed by atoms with Gasteiger partial charge in [-0.2, -0.15) is 0 Å². The van der Waals surface area contributed by atoms with Crippen LogP contribution in [-0.4, -0.2) is 5.97 Å². The molecule has 0 heterocycles. The van der Waals surface area contributed by atoms with Crippen LogP contribution in [0.25, 0.3) is 0 Å². The van der Waals surface area contributed by atoms with Crippen molar-refractivity contribution in [3.05, 3.63) is 42.0 Å². The molecule has 0 fully saturated rings. The molecule has 0 amide bonds. The Morgan fingerprint density at radius 3 is 2.19 bits per heavy atom. The van der Waals surface area contributed by atoms with Crippen LogP contribution in [-0.2, 0) is 10.2 Å². The van der Waals surface area contributed by atoms with E-state index in [9.17, 15) is 4.79 Å². The van der Waals surface area contributed by atoms with Crippen molar-refractivity contribution in [3.8, 4) is 5.75 Å². The Labute approximate surface area is 96.9 Å². The van der Waals surface area contributed by atoms with E-state index in [0.29, 0.717) is 5.75 Å². The van der Waals surface area contributed by atoms with E-state index < -0.39 is 0 Å². The summed E-state index contributed by atoms with van der Waals surface area (Å²) < 4.78 is 5.10. The van der Waals surface area contributed by atoms with Crippen molar-refractivity contribution >= 4 is 5.97 Å². The van der Waals surface area contributed by atoms with Gasteiger partial charge in [0.25, 0.3) is 0 Å². The van der Waals surface area contributed by atoms with Crippen molar-refractivity contribution in [1.82, 2.24) is 0 Å². The largest absolute Gasteiger partial charge is 0.423 e. The van der Waals surface area contributed by atoms with E-state index in [0.717, 1.165) is 0 Å². The molecule has 0 aliphatic heterocycles. The van der Waals surface area contributed by atoms with E-state index in [2.05, 4.69) is 20.8 Å². The molecular weight excluding hydrogens is 200 g/mol. The van der Waals surface area contributed by atoms with Crippen molar-refractivity contribution in [3.63, 3.8) is 0 Å². The first-order valence-electron chi connectivity index (χ1n) is 5.38. The van der Waals surface area contributed by atoms with Crippen LogP contribution in [0.1, 0.15) is 33.3 Å². The molecule has 1 aromatic rings. The average Bonchev–Trinajstić information content (AvgIpc) is 2.17. The van der Waals surface area contributed by atoms with Gasteiger partial charge in [0.1, 0.15) is 5.75 Å². The number of allylic oxidation sites excluding steroid dienone is 1. The minimum absolute atomic E-state index is 0.117. The van der Waals surface area contributed by atoms with E-state index in [1.807, 2.05) is 24.3 Å². The summed E-state index contributed by atoms with van der Waals surface area (Å²) in [6.07, 6.45) is 3.06. The van der Waals surface area contributed by atoms with E-state index in [-0.39, 0.29) is 11.4 Å². The molecule has 1 aromatic carbocycles. The van der Waals surface area contributed by atoms with Crippen LogP contribution in [0.5, 0.6) is 5.75 Å². The van der Waals surface area contributed by atoms with Crippen LogP contribution in [0.15, 0.2) is 36.4 Å². The first-order valence-corrected chi connectivity index (χ1v) is 5.38. The molecule has 0 saturated carbocycles. The minimum atomic E-state index is -0.342. The number of ether oxygens (including phenoxy) is 1. The van der Waals surface area contributed by atoms with Crippen LogP contribution >= 0.6 is 0 Å². The lowest BCUT2D eigenvalue weighted by atomic mass is 9.87. The lowest BCUT2D eigenvalue weighted by molar-refractivity contribution is -0.129. The predicted octanol–water partition coefficient (Wildman–Crippen LogP) is 3.47. The molecule has 2 heteroatoms. The summed E-state index contributed by atoms with van der Waals surface area (Å²) in [4.78, 5) is 11.2. The highest BCUT2D eigenvalue weighted by atomic mass is 16.5. The second kappa shape index (κ2) is 4.97. The van der Waals surface area contributed by atoms with E-state index in [1.165, 1.54) is 11.6 Å². The smallest absolute Gasteiger partial charge is 0.335 e. The summed E-state index contributed by atoms with van der Waals surface area (Å²) >= 11 is 0. The van der Waals surface area contributed by atoms with E-state index in [4.69, 9.17) is 4.74 Å². The Balaban J connectivity index is 2.76. The van der Waals surface area contributed by atoms with Crippen molar-refractivity contribution in [1.29, 1.82) is 0 Å². The average molecular weight is 218 g/mol. The molecule has 0 radical (unpaired) electrons. The zero-order valence-corrected chi connectivity index (χ0v) is 10.3.